The number of anilines is 1. The highest BCUT2D eigenvalue weighted by Crippen LogP contribution is 2.28. The van der Waals surface area contributed by atoms with Crippen LogP contribution in [0.25, 0.3) is 10.9 Å². The Hall–Kier alpha value is -2.67. The van der Waals surface area contributed by atoms with Gasteiger partial charge in [0.1, 0.15) is 0 Å². The minimum Gasteiger partial charge on any atom is -0.277 e. The highest BCUT2D eigenvalue weighted by atomic mass is 32.1. The lowest BCUT2D eigenvalue weighted by atomic mass is 10.00. The maximum Gasteiger partial charge on any atom is 0.279 e. The van der Waals surface area contributed by atoms with Crippen LogP contribution in [0.3, 0.4) is 0 Å². The van der Waals surface area contributed by atoms with Gasteiger partial charge in [-0.05, 0) is 56.4 Å². The van der Waals surface area contributed by atoms with Gasteiger partial charge in [0.2, 0.25) is 5.95 Å². The van der Waals surface area contributed by atoms with E-state index in [4.69, 9.17) is 0 Å². The van der Waals surface area contributed by atoms with Crippen molar-refractivity contribution in [3.8, 4) is 0 Å². The van der Waals surface area contributed by atoms with Crippen LogP contribution in [0.1, 0.15) is 52.7 Å². The summed E-state index contributed by atoms with van der Waals surface area (Å²) in [4.78, 5) is 31.9. The average Bonchev–Trinajstić information content (AvgIpc) is 3.08. The van der Waals surface area contributed by atoms with Crippen molar-refractivity contribution < 1.29 is 4.79 Å². The van der Waals surface area contributed by atoms with Crippen molar-refractivity contribution >= 4 is 34.1 Å². The van der Waals surface area contributed by atoms with E-state index < -0.39 is 0 Å². The Kier molecular flexibility index (Phi) is 5.43. The number of aromatic nitrogens is 2. The van der Waals surface area contributed by atoms with Crippen LogP contribution in [-0.2, 0) is 19.4 Å². The third-order valence-corrected chi connectivity index (χ3v) is 6.42. The number of amides is 1. The van der Waals surface area contributed by atoms with E-state index in [2.05, 4.69) is 15.8 Å². The molecule has 1 aromatic carbocycles. The van der Waals surface area contributed by atoms with Gasteiger partial charge in [0.15, 0.2) is 0 Å². The summed E-state index contributed by atoms with van der Waals surface area (Å²) >= 11 is 1.58. The first-order valence-electron chi connectivity index (χ1n) is 9.85. The third kappa shape index (κ3) is 3.67. The Bertz CT molecular complexity index is 1040. The number of carbonyl (C=O) groups excluding carboxylic acids is 1. The van der Waals surface area contributed by atoms with E-state index in [0.717, 1.165) is 12.8 Å². The third-order valence-electron chi connectivity index (χ3n) is 5.19. The molecule has 0 unspecified atom stereocenters. The number of thiophene rings is 1. The first-order chi connectivity index (χ1) is 13.7. The van der Waals surface area contributed by atoms with Gasteiger partial charge in [0, 0.05) is 11.4 Å². The molecule has 0 atom stereocenters. The van der Waals surface area contributed by atoms with Crippen LogP contribution >= 0.6 is 11.3 Å². The minimum absolute atomic E-state index is 0.121. The Labute approximate surface area is 167 Å². The zero-order valence-electron chi connectivity index (χ0n) is 16.0. The summed E-state index contributed by atoms with van der Waals surface area (Å²) in [5.41, 5.74) is 7.37. The lowest BCUT2D eigenvalue weighted by Gasteiger charge is -2.13. The molecule has 1 aliphatic carbocycles. The van der Waals surface area contributed by atoms with E-state index >= 15 is 0 Å². The summed E-state index contributed by atoms with van der Waals surface area (Å²) in [6.07, 6.45) is 7.02. The van der Waals surface area contributed by atoms with E-state index in [9.17, 15) is 9.59 Å². The molecular weight excluding hydrogens is 372 g/mol. The molecule has 2 aromatic heterocycles. The molecule has 4 rings (SSSR count). The lowest BCUT2D eigenvalue weighted by molar-refractivity contribution is 0.0966. The summed E-state index contributed by atoms with van der Waals surface area (Å²) in [6.45, 7) is 2.34. The molecule has 28 heavy (non-hydrogen) atoms. The minimum atomic E-state index is -0.193. The smallest absolute Gasteiger partial charge is 0.277 e. The van der Waals surface area contributed by atoms with Crippen molar-refractivity contribution in [1.82, 2.24) is 15.0 Å². The molecule has 0 radical (unpaired) electrons. The van der Waals surface area contributed by atoms with Crippen LogP contribution in [0.15, 0.2) is 35.1 Å². The SMILES string of the molecule is CCn1c(NNC(=O)c2cc3c(s2)CCCCCC3)nc2ccccc2c1=O. The summed E-state index contributed by atoms with van der Waals surface area (Å²) in [5.74, 6) is 0.149. The number of nitrogens with one attached hydrogen (secondary N) is 2. The molecule has 3 aromatic rings. The molecule has 7 heteroatoms. The van der Waals surface area contributed by atoms with E-state index in [0.29, 0.717) is 28.3 Å². The number of hydrazine groups is 1. The number of fused-ring (bicyclic) bond motifs is 2. The van der Waals surface area contributed by atoms with Gasteiger partial charge in [-0.3, -0.25) is 25.0 Å². The van der Waals surface area contributed by atoms with Gasteiger partial charge in [0.25, 0.3) is 11.5 Å². The van der Waals surface area contributed by atoms with Crippen molar-refractivity contribution in [1.29, 1.82) is 0 Å². The fraction of sp³-hybridized carbons (Fsp3) is 0.381. The number of carbonyl (C=O) groups is 1. The number of rotatable bonds is 4. The summed E-state index contributed by atoms with van der Waals surface area (Å²) in [5, 5.41) is 0.569. The topological polar surface area (TPSA) is 76.0 Å². The van der Waals surface area contributed by atoms with Crippen LogP contribution < -0.4 is 16.4 Å². The first kappa shape index (κ1) is 18.7. The van der Waals surface area contributed by atoms with Gasteiger partial charge >= 0.3 is 0 Å². The second kappa shape index (κ2) is 8.14. The van der Waals surface area contributed by atoms with Gasteiger partial charge in [-0.2, -0.15) is 0 Å². The number of nitrogens with zero attached hydrogens (tertiary/aromatic N) is 2. The number of hydrogen-bond acceptors (Lipinski definition) is 5. The molecule has 0 aliphatic heterocycles. The average molecular weight is 397 g/mol. The number of hydrogen-bond donors (Lipinski definition) is 2. The zero-order chi connectivity index (χ0) is 19.5. The Morgan fingerprint density at radius 1 is 1.18 bits per heavy atom. The molecule has 2 N–H and O–H groups in total. The molecule has 0 spiro atoms. The number of benzene rings is 1. The van der Waals surface area contributed by atoms with Crippen molar-refractivity contribution in [2.75, 3.05) is 5.43 Å². The predicted molar refractivity (Wildman–Crippen MR) is 113 cm³/mol. The number of aryl methyl sites for hydroxylation is 2. The second-order valence-corrected chi connectivity index (χ2v) is 8.19. The molecule has 0 bridgehead atoms. The summed E-state index contributed by atoms with van der Waals surface area (Å²) < 4.78 is 1.52. The van der Waals surface area contributed by atoms with Gasteiger partial charge in [-0.1, -0.05) is 25.0 Å². The Morgan fingerprint density at radius 3 is 2.79 bits per heavy atom. The summed E-state index contributed by atoms with van der Waals surface area (Å²) in [6, 6.07) is 9.24. The van der Waals surface area contributed by atoms with Crippen molar-refractivity contribution in [2.45, 2.75) is 52.0 Å². The van der Waals surface area contributed by atoms with E-state index in [-0.39, 0.29) is 11.5 Å². The first-order valence-corrected chi connectivity index (χ1v) is 10.7. The molecule has 0 fully saturated rings. The maximum absolute atomic E-state index is 12.7. The Morgan fingerprint density at radius 2 is 1.96 bits per heavy atom. The molecule has 6 nitrogen and oxygen atoms in total. The fourth-order valence-electron chi connectivity index (χ4n) is 3.69. The molecule has 146 valence electrons. The normalized spacial score (nSPS) is 14.2. The van der Waals surface area contributed by atoms with E-state index in [1.807, 2.05) is 25.1 Å². The number of para-hydroxylation sites is 1. The van der Waals surface area contributed by atoms with Crippen LogP contribution in [0.5, 0.6) is 0 Å². The van der Waals surface area contributed by atoms with Crippen LogP contribution in [0.2, 0.25) is 0 Å². The molecule has 2 heterocycles. The largest absolute Gasteiger partial charge is 0.279 e. The summed E-state index contributed by atoms with van der Waals surface area (Å²) in [7, 11) is 0. The molecule has 1 amide bonds. The van der Waals surface area contributed by atoms with Crippen LogP contribution in [0.4, 0.5) is 5.95 Å². The van der Waals surface area contributed by atoms with Gasteiger partial charge in [-0.15, -0.1) is 11.3 Å². The predicted octanol–water partition coefficient (Wildman–Crippen LogP) is 3.89. The molecular formula is C21H24N4O2S. The van der Waals surface area contributed by atoms with Gasteiger partial charge in [0.05, 0.1) is 15.8 Å². The lowest BCUT2D eigenvalue weighted by Crippen LogP contribution is -2.34. The van der Waals surface area contributed by atoms with E-state index in [1.165, 1.54) is 40.7 Å². The van der Waals surface area contributed by atoms with Gasteiger partial charge < -0.3 is 0 Å². The standard InChI is InChI=1S/C21H24N4O2S/c1-2-25-20(27)15-10-7-8-11-16(15)22-21(25)24-23-19(26)18-13-14-9-5-3-4-6-12-17(14)28-18/h7-8,10-11,13H,2-6,9,12H2,1H3,(H,22,24)(H,23,26). The highest BCUT2D eigenvalue weighted by molar-refractivity contribution is 7.14. The van der Waals surface area contributed by atoms with Gasteiger partial charge in [-0.25, -0.2) is 4.98 Å². The van der Waals surface area contributed by atoms with Crippen molar-refractivity contribution in [2.24, 2.45) is 0 Å². The molecule has 1 aliphatic rings. The zero-order valence-corrected chi connectivity index (χ0v) is 16.8. The quantitative estimate of drug-likeness (QED) is 0.656. The monoisotopic (exact) mass is 396 g/mol. The maximum atomic E-state index is 12.7. The van der Waals surface area contributed by atoms with Crippen LogP contribution in [-0.4, -0.2) is 15.5 Å². The highest BCUT2D eigenvalue weighted by Gasteiger charge is 2.17. The fourth-order valence-corrected chi connectivity index (χ4v) is 4.84. The van der Waals surface area contributed by atoms with Crippen molar-refractivity contribution in [3.63, 3.8) is 0 Å². The van der Waals surface area contributed by atoms with E-state index in [1.54, 1.807) is 23.5 Å². The molecule has 0 saturated carbocycles. The Balaban J connectivity index is 1.55. The van der Waals surface area contributed by atoms with Crippen LogP contribution in [0, 0.1) is 0 Å². The molecule has 0 saturated heterocycles. The second-order valence-electron chi connectivity index (χ2n) is 7.05. The van der Waals surface area contributed by atoms with Crippen molar-refractivity contribution in [3.05, 3.63) is 56.0 Å².